The first-order chi connectivity index (χ1) is 12.5. The van der Waals surface area contributed by atoms with Crippen LogP contribution in [-0.4, -0.2) is 4.98 Å². The zero-order chi connectivity index (χ0) is 18.5. The van der Waals surface area contributed by atoms with E-state index in [1.54, 1.807) is 6.08 Å². The van der Waals surface area contributed by atoms with Crippen LogP contribution in [0.4, 0.5) is 4.39 Å². The molecule has 0 saturated heterocycles. The molecule has 2 heteroatoms. The molecule has 0 N–H and O–H groups in total. The molecule has 2 atom stereocenters. The van der Waals surface area contributed by atoms with E-state index in [1.807, 2.05) is 6.20 Å². The van der Waals surface area contributed by atoms with Gasteiger partial charge in [-0.05, 0) is 53.3 Å². The third kappa shape index (κ3) is 2.39. The Morgan fingerprint density at radius 1 is 1.31 bits per heavy atom. The van der Waals surface area contributed by atoms with Crippen LogP contribution < -0.4 is 0 Å². The number of pyridine rings is 1. The highest BCUT2D eigenvalue weighted by molar-refractivity contribution is 6.00. The molecule has 0 aliphatic heterocycles. The van der Waals surface area contributed by atoms with E-state index in [4.69, 9.17) is 4.98 Å². The van der Waals surface area contributed by atoms with Crippen LogP contribution in [0, 0.1) is 11.8 Å². The Morgan fingerprint density at radius 3 is 2.88 bits per heavy atom. The van der Waals surface area contributed by atoms with E-state index < -0.39 is 0 Å². The third-order valence-corrected chi connectivity index (χ3v) is 6.08. The number of hydrogen-bond donors (Lipinski definition) is 0. The first-order valence-corrected chi connectivity index (χ1v) is 9.62. The lowest BCUT2D eigenvalue weighted by Crippen LogP contribution is -2.31. The smallest absolute Gasteiger partial charge is 0.123 e. The van der Waals surface area contributed by atoms with Gasteiger partial charge in [0.25, 0.3) is 0 Å². The molecule has 2 aliphatic rings. The van der Waals surface area contributed by atoms with Crippen LogP contribution in [-0.2, 0) is 5.41 Å². The molecule has 134 valence electrons. The van der Waals surface area contributed by atoms with Crippen molar-refractivity contribution in [2.24, 2.45) is 11.8 Å². The predicted octanol–water partition coefficient (Wildman–Crippen LogP) is 6.76. The first-order valence-electron chi connectivity index (χ1n) is 9.62. The number of rotatable bonds is 3. The van der Waals surface area contributed by atoms with Crippen LogP contribution in [0.3, 0.4) is 0 Å². The van der Waals surface area contributed by atoms with Gasteiger partial charge in [0, 0.05) is 22.6 Å². The summed E-state index contributed by atoms with van der Waals surface area (Å²) in [5.74, 6) is 0.543. The van der Waals surface area contributed by atoms with E-state index >= 15 is 4.39 Å². The quantitative estimate of drug-likeness (QED) is 0.559. The van der Waals surface area contributed by atoms with Gasteiger partial charge in [-0.2, -0.15) is 0 Å². The number of hydrogen-bond acceptors (Lipinski definition) is 1. The highest BCUT2D eigenvalue weighted by Gasteiger charge is 2.42. The number of fused-ring (bicyclic) bond motifs is 1. The van der Waals surface area contributed by atoms with Crippen molar-refractivity contribution in [1.29, 1.82) is 0 Å². The SMILES string of the molecule is CCC=CC(C)C1CC=C(F)C2=C1c1nccc3cccc(c13)C2(C)C. The zero-order valence-corrected chi connectivity index (χ0v) is 16.0. The van der Waals surface area contributed by atoms with Gasteiger partial charge >= 0.3 is 0 Å². The fraction of sp³-hybridized carbons (Fsp3) is 0.375. The number of halogens is 1. The minimum atomic E-state index is -0.363. The molecule has 26 heavy (non-hydrogen) atoms. The van der Waals surface area contributed by atoms with Crippen LogP contribution in [0.5, 0.6) is 0 Å². The molecule has 2 aromatic rings. The van der Waals surface area contributed by atoms with Gasteiger partial charge in [0.05, 0.1) is 5.69 Å². The molecule has 0 spiro atoms. The molecular weight excluding hydrogens is 321 g/mol. The number of benzene rings is 1. The lowest BCUT2D eigenvalue weighted by molar-refractivity contribution is 0.478. The summed E-state index contributed by atoms with van der Waals surface area (Å²) in [4.78, 5) is 4.76. The first kappa shape index (κ1) is 17.2. The summed E-state index contributed by atoms with van der Waals surface area (Å²) < 4.78 is 15.1. The second-order valence-electron chi connectivity index (χ2n) is 8.07. The summed E-state index contributed by atoms with van der Waals surface area (Å²) in [6, 6.07) is 8.41. The summed E-state index contributed by atoms with van der Waals surface area (Å²) in [6.45, 7) is 8.69. The molecular formula is C24H26FN. The maximum atomic E-state index is 15.1. The number of allylic oxidation sites excluding steroid dienone is 6. The van der Waals surface area contributed by atoms with Crippen LogP contribution in [0.15, 0.2) is 60.1 Å². The zero-order valence-electron chi connectivity index (χ0n) is 16.0. The summed E-state index contributed by atoms with van der Waals surface area (Å²) in [7, 11) is 0. The van der Waals surface area contributed by atoms with Gasteiger partial charge in [0.2, 0.25) is 0 Å². The van der Waals surface area contributed by atoms with Gasteiger partial charge in [-0.1, -0.05) is 58.0 Å². The van der Waals surface area contributed by atoms with E-state index in [0.29, 0.717) is 5.92 Å². The molecule has 2 unspecified atom stereocenters. The fourth-order valence-electron chi connectivity index (χ4n) is 4.75. The van der Waals surface area contributed by atoms with E-state index in [-0.39, 0.29) is 17.2 Å². The third-order valence-electron chi connectivity index (χ3n) is 6.08. The Hall–Kier alpha value is -2.22. The van der Waals surface area contributed by atoms with Gasteiger partial charge in [0.1, 0.15) is 5.83 Å². The fourth-order valence-corrected chi connectivity index (χ4v) is 4.75. The highest BCUT2D eigenvalue weighted by atomic mass is 19.1. The topological polar surface area (TPSA) is 12.9 Å². The van der Waals surface area contributed by atoms with Crippen molar-refractivity contribution >= 4 is 16.3 Å². The Kier molecular flexibility index (Phi) is 4.10. The Balaban J connectivity index is 2.03. The Bertz CT molecular complexity index is 956. The van der Waals surface area contributed by atoms with Crippen LogP contribution >= 0.6 is 0 Å². The maximum Gasteiger partial charge on any atom is 0.123 e. The molecule has 1 aromatic carbocycles. The summed E-state index contributed by atoms with van der Waals surface area (Å²) >= 11 is 0. The molecule has 0 radical (unpaired) electrons. The second-order valence-corrected chi connectivity index (χ2v) is 8.07. The summed E-state index contributed by atoms with van der Waals surface area (Å²) in [6.07, 6.45) is 9.90. The highest BCUT2D eigenvalue weighted by Crippen LogP contribution is 2.54. The van der Waals surface area contributed by atoms with Crippen LogP contribution in [0.25, 0.3) is 16.3 Å². The molecule has 1 aromatic heterocycles. The van der Waals surface area contributed by atoms with Crippen LogP contribution in [0.1, 0.15) is 51.8 Å². The molecule has 2 aliphatic carbocycles. The summed E-state index contributed by atoms with van der Waals surface area (Å²) in [5.41, 5.74) is 3.75. The number of nitrogens with zero attached hydrogens (tertiary/aromatic N) is 1. The van der Waals surface area contributed by atoms with Crippen molar-refractivity contribution in [2.75, 3.05) is 0 Å². The average molecular weight is 347 g/mol. The second kappa shape index (κ2) is 6.19. The van der Waals surface area contributed by atoms with Crippen molar-refractivity contribution in [3.63, 3.8) is 0 Å². The van der Waals surface area contributed by atoms with Crippen LogP contribution in [0.2, 0.25) is 0 Å². The summed E-state index contributed by atoms with van der Waals surface area (Å²) in [5, 5.41) is 2.39. The molecule has 1 nitrogen and oxygen atoms in total. The molecule has 0 amide bonds. The Morgan fingerprint density at radius 2 is 2.12 bits per heavy atom. The largest absolute Gasteiger partial charge is 0.256 e. The normalized spacial score (nSPS) is 22.5. The van der Waals surface area contributed by atoms with Gasteiger partial charge in [-0.25, -0.2) is 4.39 Å². The number of aromatic nitrogens is 1. The average Bonchev–Trinajstić information content (AvgIpc) is 2.63. The standard InChI is InChI=1S/C24H26FN/c1-5-6-8-15(2)17-11-12-19(25)22-21(17)23-20-16(13-14-26-23)9-7-10-18(20)24(22,3)4/h6-10,12-15,17H,5,11H2,1-4H3. The van der Waals surface area contributed by atoms with Crippen molar-refractivity contribution in [2.45, 2.75) is 46.0 Å². The minimum absolute atomic E-state index is 0.0683. The monoisotopic (exact) mass is 347 g/mol. The van der Waals surface area contributed by atoms with E-state index in [9.17, 15) is 0 Å². The van der Waals surface area contributed by atoms with E-state index in [0.717, 1.165) is 29.7 Å². The van der Waals surface area contributed by atoms with Gasteiger partial charge in [-0.3, -0.25) is 4.98 Å². The molecule has 0 fully saturated rings. The van der Waals surface area contributed by atoms with Crippen molar-refractivity contribution < 1.29 is 4.39 Å². The lowest BCUT2D eigenvalue weighted by atomic mass is 9.63. The van der Waals surface area contributed by atoms with Crippen molar-refractivity contribution in [3.05, 3.63) is 71.3 Å². The lowest BCUT2D eigenvalue weighted by Gasteiger charge is -2.41. The Labute approximate surface area is 155 Å². The molecule has 0 saturated carbocycles. The van der Waals surface area contributed by atoms with E-state index in [1.165, 1.54) is 16.3 Å². The predicted molar refractivity (Wildman–Crippen MR) is 108 cm³/mol. The van der Waals surface area contributed by atoms with Crippen molar-refractivity contribution in [1.82, 2.24) is 4.98 Å². The van der Waals surface area contributed by atoms with Crippen molar-refractivity contribution in [3.8, 4) is 0 Å². The minimum Gasteiger partial charge on any atom is -0.256 e. The van der Waals surface area contributed by atoms with Gasteiger partial charge in [-0.15, -0.1) is 0 Å². The molecule has 0 bridgehead atoms. The molecule has 4 rings (SSSR count). The van der Waals surface area contributed by atoms with E-state index in [2.05, 4.69) is 64.1 Å². The van der Waals surface area contributed by atoms with Gasteiger partial charge < -0.3 is 0 Å². The van der Waals surface area contributed by atoms with Gasteiger partial charge in [0.15, 0.2) is 0 Å². The molecule has 1 heterocycles. The maximum absolute atomic E-state index is 15.1.